The van der Waals surface area contributed by atoms with Gasteiger partial charge in [0, 0.05) is 5.56 Å². The molecule has 112 valence electrons. The molecule has 21 heavy (non-hydrogen) atoms. The molecule has 0 saturated heterocycles. The van der Waals surface area contributed by atoms with Crippen molar-refractivity contribution in [2.45, 2.75) is 12.5 Å². The summed E-state index contributed by atoms with van der Waals surface area (Å²) < 4.78 is 16.4. The minimum atomic E-state index is -0.815. The molecule has 4 heteroatoms. The molecule has 4 nitrogen and oxygen atoms in total. The molecule has 0 aliphatic carbocycles. The van der Waals surface area contributed by atoms with Gasteiger partial charge in [-0.3, -0.25) is 0 Å². The van der Waals surface area contributed by atoms with E-state index in [0.717, 1.165) is 16.9 Å². The second kappa shape index (κ2) is 6.06. The van der Waals surface area contributed by atoms with Gasteiger partial charge in [-0.05, 0) is 25.1 Å². The van der Waals surface area contributed by atoms with Crippen LogP contribution in [-0.4, -0.2) is 21.3 Å². The molecule has 1 atom stereocenters. The zero-order chi connectivity index (χ0) is 15.5. The summed E-state index contributed by atoms with van der Waals surface area (Å²) in [6.45, 7) is 1.92. The molecule has 0 spiro atoms. The van der Waals surface area contributed by atoms with Gasteiger partial charge in [0.25, 0.3) is 0 Å². The zero-order valence-corrected chi connectivity index (χ0v) is 12.8. The van der Waals surface area contributed by atoms with E-state index >= 15 is 0 Å². The second-order valence-electron chi connectivity index (χ2n) is 4.94. The highest BCUT2D eigenvalue weighted by atomic mass is 16.5. The third-order valence-corrected chi connectivity index (χ3v) is 3.61. The first-order chi connectivity index (χ1) is 10.1. The van der Waals surface area contributed by atoms with E-state index in [0.29, 0.717) is 11.5 Å². The lowest BCUT2D eigenvalue weighted by atomic mass is 9.83. The fourth-order valence-corrected chi connectivity index (χ4v) is 2.57. The number of hydrogen-bond donors (Lipinski definition) is 1. The maximum atomic E-state index is 6.65. The molecule has 0 aliphatic heterocycles. The SMILES string of the molecule is COc1ccccc1C(C)(N)c1c(OC)cccc1OC. The van der Waals surface area contributed by atoms with Crippen LogP contribution < -0.4 is 19.9 Å². The molecule has 2 aromatic carbocycles. The number of para-hydroxylation sites is 1. The quantitative estimate of drug-likeness (QED) is 0.918. The van der Waals surface area contributed by atoms with Crippen molar-refractivity contribution >= 4 is 0 Å². The Hall–Kier alpha value is -2.20. The smallest absolute Gasteiger partial charge is 0.127 e. The molecule has 0 heterocycles. The van der Waals surface area contributed by atoms with Crippen LogP contribution in [0.4, 0.5) is 0 Å². The fourth-order valence-electron chi connectivity index (χ4n) is 2.57. The summed E-state index contributed by atoms with van der Waals surface area (Å²) in [6.07, 6.45) is 0. The van der Waals surface area contributed by atoms with Crippen LogP contribution in [0.3, 0.4) is 0 Å². The lowest BCUT2D eigenvalue weighted by Gasteiger charge is -2.30. The van der Waals surface area contributed by atoms with E-state index in [1.807, 2.05) is 49.4 Å². The monoisotopic (exact) mass is 287 g/mol. The van der Waals surface area contributed by atoms with Gasteiger partial charge in [0.05, 0.1) is 32.4 Å². The van der Waals surface area contributed by atoms with Gasteiger partial charge < -0.3 is 19.9 Å². The fraction of sp³-hybridized carbons (Fsp3) is 0.294. The van der Waals surface area contributed by atoms with Crippen LogP contribution in [0, 0.1) is 0 Å². The van der Waals surface area contributed by atoms with Gasteiger partial charge in [-0.15, -0.1) is 0 Å². The molecule has 0 radical (unpaired) electrons. The summed E-state index contributed by atoms with van der Waals surface area (Å²) in [5.74, 6) is 2.10. The van der Waals surface area contributed by atoms with Crippen molar-refractivity contribution in [3.05, 3.63) is 53.6 Å². The first-order valence-electron chi connectivity index (χ1n) is 6.70. The van der Waals surface area contributed by atoms with Crippen molar-refractivity contribution in [2.24, 2.45) is 5.73 Å². The van der Waals surface area contributed by atoms with Crippen molar-refractivity contribution in [3.8, 4) is 17.2 Å². The summed E-state index contributed by atoms with van der Waals surface area (Å²) in [4.78, 5) is 0. The molecule has 1 unspecified atom stereocenters. The largest absolute Gasteiger partial charge is 0.496 e. The Morgan fingerprint density at radius 3 is 1.76 bits per heavy atom. The van der Waals surface area contributed by atoms with Gasteiger partial charge in [0.1, 0.15) is 17.2 Å². The highest BCUT2D eigenvalue weighted by Gasteiger charge is 2.33. The Labute approximate surface area is 125 Å². The first kappa shape index (κ1) is 15.2. The summed E-state index contributed by atoms with van der Waals surface area (Å²) in [5.41, 5.74) is 7.50. The Morgan fingerprint density at radius 2 is 1.24 bits per heavy atom. The molecule has 0 aromatic heterocycles. The van der Waals surface area contributed by atoms with Crippen molar-refractivity contribution in [3.63, 3.8) is 0 Å². The molecule has 0 fully saturated rings. The van der Waals surface area contributed by atoms with E-state index in [4.69, 9.17) is 19.9 Å². The Bertz CT molecular complexity index is 601. The molecular weight excluding hydrogens is 266 g/mol. The third kappa shape index (κ3) is 2.67. The molecular formula is C17H21NO3. The van der Waals surface area contributed by atoms with Crippen LogP contribution in [0.1, 0.15) is 18.1 Å². The van der Waals surface area contributed by atoms with Gasteiger partial charge in [0.15, 0.2) is 0 Å². The topological polar surface area (TPSA) is 53.7 Å². The summed E-state index contributed by atoms with van der Waals surface area (Å²) >= 11 is 0. The highest BCUT2D eigenvalue weighted by Crippen LogP contribution is 2.42. The average Bonchev–Trinajstić information content (AvgIpc) is 2.53. The van der Waals surface area contributed by atoms with Crippen LogP contribution in [0.15, 0.2) is 42.5 Å². The summed E-state index contributed by atoms with van der Waals surface area (Å²) in [5, 5.41) is 0. The van der Waals surface area contributed by atoms with Gasteiger partial charge in [-0.2, -0.15) is 0 Å². The minimum Gasteiger partial charge on any atom is -0.496 e. The molecule has 2 rings (SSSR count). The van der Waals surface area contributed by atoms with Crippen LogP contribution in [-0.2, 0) is 5.54 Å². The zero-order valence-electron chi connectivity index (χ0n) is 12.8. The number of ether oxygens (including phenoxy) is 3. The number of nitrogens with two attached hydrogens (primary N) is 1. The number of methoxy groups -OCH3 is 3. The average molecular weight is 287 g/mol. The summed E-state index contributed by atoms with van der Waals surface area (Å²) in [7, 11) is 4.88. The third-order valence-electron chi connectivity index (χ3n) is 3.61. The lowest BCUT2D eigenvalue weighted by molar-refractivity contribution is 0.362. The molecule has 0 bridgehead atoms. The Kier molecular flexibility index (Phi) is 4.38. The van der Waals surface area contributed by atoms with Crippen molar-refractivity contribution < 1.29 is 14.2 Å². The standard InChI is InChI=1S/C17H21NO3/c1-17(18,12-8-5-6-9-13(12)19-2)16-14(20-3)10-7-11-15(16)21-4/h5-11H,18H2,1-4H3. The van der Waals surface area contributed by atoms with Gasteiger partial charge >= 0.3 is 0 Å². The van der Waals surface area contributed by atoms with Crippen LogP contribution >= 0.6 is 0 Å². The van der Waals surface area contributed by atoms with Crippen molar-refractivity contribution in [1.82, 2.24) is 0 Å². The van der Waals surface area contributed by atoms with E-state index < -0.39 is 5.54 Å². The van der Waals surface area contributed by atoms with Gasteiger partial charge in [-0.25, -0.2) is 0 Å². The van der Waals surface area contributed by atoms with E-state index in [9.17, 15) is 0 Å². The van der Waals surface area contributed by atoms with E-state index in [-0.39, 0.29) is 0 Å². The van der Waals surface area contributed by atoms with Crippen LogP contribution in [0.25, 0.3) is 0 Å². The van der Waals surface area contributed by atoms with Crippen LogP contribution in [0.5, 0.6) is 17.2 Å². The normalized spacial score (nSPS) is 13.4. The summed E-state index contributed by atoms with van der Waals surface area (Å²) in [6, 6.07) is 13.3. The molecule has 2 aromatic rings. The number of rotatable bonds is 5. The second-order valence-corrected chi connectivity index (χ2v) is 4.94. The van der Waals surface area contributed by atoms with Crippen molar-refractivity contribution in [2.75, 3.05) is 21.3 Å². The molecule has 0 saturated carbocycles. The number of hydrogen-bond acceptors (Lipinski definition) is 4. The Balaban J connectivity index is 2.68. The lowest BCUT2D eigenvalue weighted by Crippen LogP contribution is -2.35. The van der Waals surface area contributed by atoms with E-state index in [1.165, 1.54) is 0 Å². The maximum absolute atomic E-state index is 6.65. The number of benzene rings is 2. The minimum absolute atomic E-state index is 0.685. The predicted octanol–water partition coefficient (Wildman–Crippen LogP) is 2.93. The van der Waals surface area contributed by atoms with Gasteiger partial charge in [0.2, 0.25) is 0 Å². The molecule has 0 amide bonds. The predicted molar refractivity (Wildman–Crippen MR) is 83.2 cm³/mol. The first-order valence-corrected chi connectivity index (χ1v) is 6.70. The molecule has 0 aliphatic rings. The Morgan fingerprint density at radius 1 is 0.762 bits per heavy atom. The van der Waals surface area contributed by atoms with E-state index in [1.54, 1.807) is 21.3 Å². The van der Waals surface area contributed by atoms with Crippen LogP contribution in [0.2, 0.25) is 0 Å². The maximum Gasteiger partial charge on any atom is 0.127 e. The molecule has 2 N–H and O–H groups in total. The van der Waals surface area contributed by atoms with E-state index in [2.05, 4.69) is 0 Å². The van der Waals surface area contributed by atoms with Crippen molar-refractivity contribution in [1.29, 1.82) is 0 Å². The highest BCUT2D eigenvalue weighted by molar-refractivity contribution is 5.56. The van der Waals surface area contributed by atoms with Gasteiger partial charge in [-0.1, -0.05) is 24.3 Å².